The molecule has 1 aromatic heterocycles. The molecule has 7 nitrogen and oxygen atoms in total. The van der Waals surface area contributed by atoms with Crippen molar-refractivity contribution in [2.75, 3.05) is 17.7 Å². The second kappa shape index (κ2) is 10.4. The lowest BCUT2D eigenvalue weighted by Crippen LogP contribution is -2.15. The van der Waals surface area contributed by atoms with Crippen LogP contribution in [0, 0.1) is 5.82 Å². The molecule has 0 bridgehead atoms. The van der Waals surface area contributed by atoms with E-state index in [1.165, 1.54) is 25.4 Å². The predicted molar refractivity (Wildman–Crippen MR) is 131 cm³/mol. The van der Waals surface area contributed by atoms with Gasteiger partial charge in [0, 0.05) is 12.1 Å². The van der Waals surface area contributed by atoms with Gasteiger partial charge in [-0.3, -0.25) is 4.79 Å². The Hall–Kier alpha value is -4.17. The minimum atomic E-state index is -0.738. The lowest BCUT2D eigenvalue weighted by Gasteiger charge is -2.20. The molecule has 2 N–H and O–H groups in total. The number of nitrogens with zero attached hydrogens (tertiary/aromatic N) is 1. The van der Waals surface area contributed by atoms with Gasteiger partial charge in [0.25, 0.3) is 5.91 Å². The number of nitrogens with one attached hydrogen (secondary N) is 2. The van der Waals surface area contributed by atoms with Gasteiger partial charge in [-0.05, 0) is 41.8 Å². The molecule has 1 atom stereocenters. The van der Waals surface area contributed by atoms with Crippen LogP contribution >= 0.6 is 11.6 Å². The van der Waals surface area contributed by atoms with Gasteiger partial charge in [-0.1, -0.05) is 59.2 Å². The number of carbonyl (C=O) groups excluding carboxylic acids is 2. The second-order valence-electron chi connectivity index (χ2n) is 7.64. The smallest absolute Gasteiger partial charge is 0.341 e. The van der Waals surface area contributed by atoms with Crippen molar-refractivity contribution in [1.29, 1.82) is 0 Å². The number of para-hydroxylation sites is 1. The number of rotatable bonds is 7. The fraction of sp³-hybridized carbons (Fsp3) is 0.115. The fourth-order valence-electron chi connectivity index (χ4n) is 3.62. The Balaban J connectivity index is 1.56. The third kappa shape index (κ3) is 5.17. The van der Waals surface area contributed by atoms with Crippen molar-refractivity contribution < 1.29 is 23.2 Å². The molecule has 1 unspecified atom stereocenters. The summed E-state index contributed by atoms with van der Waals surface area (Å²) in [6, 6.07) is 18.3. The second-order valence-corrected chi connectivity index (χ2v) is 8.04. The molecular formula is C26H21ClFN3O4. The first-order chi connectivity index (χ1) is 16.9. The topological polar surface area (TPSA) is 93.5 Å². The van der Waals surface area contributed by atoms with E-state index >= 15 is 0 Å². The van der Waals surface area contributed by atoms with E-state index in [0.717, 1.165) is 5.56 Å². The van der Waals surface area contributed by atoms with E-state index in [4.69, 9.17) is 20.9 Å². The Labute approximate surface area is 205 Å². The van der Waals surface area contributed by atoms with Gasteiger partial charge in [0.05, 0.1) is 29.7 Å². The van der Waals surface area contributed by atoms with E-state index in [9.17, 15) is 14.0 Å². The van der Waals surface area contributed by atoms with E-state index in [-0.39, 0.29) is 17.4 Å². The molecule has 35 heavy (non-hydrogen) atoms. The molecule has 3 aromatic carbocycles. The number of methoxy groups -OCH3 is 1. The molecule has 9 heteroatoms. The van der Waals surface area contributed by atoms with Gasteiger partial charge in [0.1, 0.15) is 11.4 Å². The Bertz CT molecular complexity index is 1360. The Kier molecular flexibility index (Phi) is 7.12. The zero-order valence-electron chi connectivity index (χ0n) is 18.8. The summed E-state index contributed by atoms with van der Waals surface area (Å²) < 4.78 is 24.0. The van der Waals surface area contributed by atoms with Crippen molar-refractivity contribution in [2.45, 2.75) is 13.0 Å². The Morgan fingerprint density at radius 1 is 1.06 bits per heavy atom. The number of hydrogen-bond donors (Lipinski definition) is 2. The first-order valence-electron chi connectivity index (χ1n) is 10.6. The van der Waals surface area contributed by atoms with Gasteiger partial charge >= 0.3 is 5.97 Å². The van der Waals surface area contributed by atoms with Crippen LogP contribution in [0.1, 0.15) is 39.4 Å². The molecule has 178 valence electrons. The fourth-order valence-corrected chi connectivity index (χ4v) is 3.84. The number of amides is 1. The summed E-state index contributed by atoms with van der Waals surface area (Å²) in [4.78, 5) is 24.5. The van der Waals surface area contributed by atoms with Crippen LogP contribution in [0.15, 0.2) is 77.4 Å². The average Bonchev–Trinajstić information content (AvgIpc) is 3.41. The minimum absolute atomic E-state index is 0.0585. The number of esters is 1. The van der Waals surface area contributed by atoms with Crippen molar-refractivity contribution in [2.24, 2.45) is 0 Å². The third-order valence-corrected chi connectivity index (χ3v) is 5.73. The number of benzene rings is 3. The molecule has 0 saturated carbocycles. The van der Waals surface area contributed by atoms with Crippen molar-refractivity contribution in [3.8, 4) is 11.1 Å². The maximum atomic E-state index is 14.3. The first kappa shape index (κ1) is 24.0. The van der Waals surface area contributed by atoms with E-state index < -0.39 is 17.7 Å². The van der Waals surface area contributed by atoms with Crippen LogP contribution < -0.4 is 10.6 Å². The maximum absolute atomic E-state index is 14.3. The van der Waals surface area contributed by atoms with Crippen LogP contribution in [0.3, 0.4) is 0 Å². The summed E-state index contributed by atoms with van der Waals surface area (Å²) in [7, 11) is 1.22. The van der Waals surface area contributed by atoms with Crippen molar-refractivity contribution in [1.82, 2.24) is 5.16 Å². The Morgan fingerprint density at radius 2 is 1.80 bits per heavy atom. The van der Waals surface area contributed by atoms with Crippen LogP contribution in [0.4, 0.5) is 15.8 Å². The predicted octanol–water partition coefficient (Wildman–Crippen LogP) is 6.35. The van der Waals surface area contributed by atoms with Gasteiger partial charge < -0.3 is 19.9 Å². The van der Waals surface area contributed by atoms with E-state index in [1.807, 2.05) is 19.1 Å². The van der Waals surface area contributed by atoms with Gasteiger partial charge in [0.15, 0.2) is 0 Å². The standard InChI is InChI=1S/C26H21ClFN3O4/c1-15(30-21-8-4-6-19(27)24(21)31-25(32)22-13-14-29-35-22)16-9-11-17(12-10-16)18-5-3-7-20(28)23(18)26(33)34-2/h3-15,30H,1-2H3,(H,31,32). The summed E-state index contributed by atoms with van der Waals surface area (Å²) >= 11 is 6.35. The minimum Gasteiger partial charge on any atom is -0.465 e. The molecule has 4 rings (SSSR count). The zero-order chi connectivity index (χ0) is 24.9. The maximum Gasteiger partial charge on any atom is 0.341 e. The quantitative estimate of drug-likeness (QED) is 0.291. The van der Waals surface area contributed by atoms with Crippen LogP contribution in [0.25, 0.3) is 11.1 Å². The van der Waals surface area contributed by atoms with Gasteiger partial charge in [-0.2, -0.15) is 0 Å². The lowest BCUT2D eigenvalue weighted by molar-refractivity contribution is 0.0596. The molecule has 0 fully saturated rings. The molecule has 0 radical (unpaired) electrons. The van der Waals surface area contributed by atoms with Gasteiger partial charge in [-0.15, -0.1) is 0 Å². The third-order valence-electron chi connectivity index (χ3n) is 5.41. The number of aromatic nitrogens is 1. The van der Waals surface area contributed by atoms with E-state index in [2.05, 4.69) is 15.8 Å². The van der Waals surface area contributed by atoms with Crippen LogP contribution in [0.2, 0.25) is 5.02 Å². The highest BCUT2D eigenvalue weighted by Crippen LogP contribution is 2.34. The number of ether oxygens (including phenoxy) is 1. The van der Waals surface area contributed by atoms with Gasteiger partial charge in [-0.25, -0.2) is 9.18 Å². The SMILES string of the molecule is COC(=O)c1c(F)cccc1-c1ccc(C(C)Nc2cccc(Cl)c2NC(=O)c2ccno2)cc1. The summed E-state index contributed by atoms with van der Waals surface area (Å²) in [6.45, 7) is 1.94. The summed E-state index contributed by atoms with van der Waals surface area (Å²) in [6.07, 6.45) is 1.38. The zero-order valence-corrected chi connectivity index (χ0v) is 19.6. The summed E-state index contributed by atoms with van der Waals surface area (Å²) in [5, 5.41) is 9.99. The summed E-state index contributed by atoms with van der Waals surface area (Å²) in [5.41, 5.74) is 2.93. The molecule has 4 aromatic rings. The number of carbonyl (C=O) groups is 2. The van der Waals surface area contributed by atoms with Crippen molar-refractivity contribution in [3.05, 3.63) is 101 Å². The van der Waals surface area contributed by atoms with E-state index in [1.54, 1.807) is 42.5 Å². The van der Waals surface area contributed by atoms with Crippen LogP contribution in [-0.4, -0.2) is 24.1 Å². The number of halogens is 2. The van der Waals surface area contributed by atoms with Crippen molar-refractivity contribution >= 4 is 34.9 Å². The van der Waals surface area contributed by atoms with Crippen LogP contribution in [0.5, 0.6) is 0 Å². The average molecular weight is 494 g/mol. The Morgan fingerprint density at radius 3 is 2.49 bits per heavy atom. The molecule has 0 aliphatic heterocycles. The number of hydrogen-bond acceptors (Lipinski definition) is 6. The molecule has 1 amide bonds. The monoisotopic (exact) mass is 493 g/mol. The van der Waals surface area contributed by atoms with Gasteiger partial charge in [0.2, 0.25) is 5.76 Å². The molecule has 0 saturated heterocycles. The van der Waals surface area contributed by atoms with Crippen LogP contribution in [-0.2, 0) is 4.74 Å². The number of anilines is 2. The highest BCUT2D eigenvalue weighted by molar-refractivity contribution is 6.34. The highest BCUT2D eigenvalue weighted by Gasteiger charge is 2.19. The largest absolute Gasteiger partial charge is 0.465 e. The summed E-state index contributed by atoms with van der Waals surface area (Å²) in [5.74, 6) is -1.80. The molecular weight excluding hydrogens is 473 g/mol. The molecule has 0 aliphatic rings. The first-order valence-corrected chi connectivity index (χ1v) is 11.0. The molecule has 0 spiro atoms. The van der Waals surface area contributed by atoms with Crippen molar-refractivity contribution in [3.63, 3.8) is 0 Å². The lowest BCUT2D eigenvalue weighted by atomic mass is 9.97. The molecule has 1 heterocycles. The van der Waals surface area contributed by atoms with E-state index in [0.29, 0.717) is 27.5 Å². The molecule has 0 aliphatic carbocycles. The normalized spacial score (nSPS) is 11.5. The highest BCUT2D eigenvalue weighted by atomic mass is 35.5.